The van der Waals surface area contributed by atoms with E-state index in [4.69, 9.17) is 15.5 Å². The third-order valence-electron chi connectivity index (χ3n) is 4.72. The molecule has 1 fully saturated rings. The molecule has 0 radical (unpaired) electrons. The van der Waals surface area contributed by atoms with Gasteiger partial charge in [0.15, 0.2) is 22.6 Å². The molecule has 1 aromatic carbocycles. The van der Waals surface area contributed by atoms with Crippen LogP contribution in [-0.4, -0.2) is 56.1 Å². The molecule has 5 rings (SSSR count). The number of nitrogen functional groups attached to an aromatic ring is 1. The molecule has 136 valence electrons. The van der Waals surface area contributed by atoms with Crippen molar-refractivity contribution in [1.82, 2.24) is 29.8 Å². The number of aromatic nitrogens is 6. The highest BCUT2D eigenvalue weighted by Crippen LogP contribution is 2.29. The van der Waals surface area contributed by atoms with Crippen LogP contribution in [0.1, 0.15) is 5.69 Å². The molecule has 0 bridgehead atoms. The second kappa shape index (κ2) is 6.13. The second-order valence-corrected chi connectivity index (χ2v) is 6.44. The van der Waals surface area contributed by atoms with Crippen LogP contribution < -0.4 is 10.6 Å². The van der Waals surface area contributed by atoms with Gasteiger partial charge in [-0.1, -0.05) is 30.3 Å². The van der Waals surface area contributed by atoms with Gasteiger partial charge in [0.1, 0.15) is 0 Å². The number of rotatable bonds is 2. The number of hydrogen-bond acceptors (Lipinski definition) is 8. The smallest absolute Gasteiger partial charge is 0.229 e. The van der Waals surface area contributed by atoms with Gasteiger partial charge in [0, 0.05) is 13.1 Å². The molecule has 9 heteroatoms. The van der Waals surface area contributed by atoms with Crippen LogP contribution in [-0.2, 0) is 4.74 Å². The minimum Gasteiger partial charge on any atom is -0.382 e. The highest BCUT2D eigenvalue weighted by Gasteiger charge is 2.21. The van der Waals surface area contributed by atoms with Crippen molar-refractivity contribution in [2.45, 2.75) is 6.92 Å². The largest absolute Gasteiger partial charge is 0.382 e. The summed E-state index contributed by atoms with van der Waals surface area (Å²) < 4.78 is 7.12. The maximum absolute atomic E-state index is 6.16. The van der Waals surface area contributed by atoms with E-state index in [1.165, 1.54) is 0 Å². The number of anilines is 2. The van der Waals surface area contributed by atoms with Gasteiger partial charge in [-0.2, -0.15) is 19.6 Å². The number of fused-ring (bicyclic) bond motifs is 3. The zero-order valence-corrected chi connectivity index (χ0v) is 14.8. The van der Waals surface area contributed by atoms with Gasteiger partial charge >= 0.3 is 0 Å². The molecule has 0 aliphatic carbocycles. The van der Waals surface area contributed by atoms with Crippen LogP contribution in [0.15, 0.2) is 30.3 Å². The van der Waals surface area contributed by atoms with E-state index < -0.39 is 0 Å². The molecule has 3 aromatic heterocycles. The Hall–Kier alpha value is -3.33. The van der Waals surface area contributed by atoms with Gasteiger partial charge in [0.25, 0.3) is 0 Å². The highest BCUT2D eigenvalue weighted by molar-refractivity contribution is 5.87. The topological polar surface area (TPSA) is 107 Å². The van der Waals surface area contributed by atoms with Crippen LogP contribution in [0, 0.1) is 6.92 Å². The van der Waals surface area contributed by atoms with Crippen LogP contribution in [0.3, 0.4) is 0 Å². The molecule has 9 nitrogen and oxygen atoms in total. The van der Waals surface area contributed by atoms with E-state index in [-0.39, 0.29) is 0 Å². The Kier molecular flexibility index (Phi) is 3.61. The van der Waals surface area contributed by atoms with Crippen LogP contribution in [0.5, 0.6) is 0 Å². The summed E-state index contributed by atoms with van der Waals surface area (Å²) in [6.45, 7) is 4.69. The van der Waals surface area contributed by atoms with Crippen molar-refractivity contribution in [2.75, 3.05) is 36.9 Å². The quantitative estimate of drug-likeness (QED) is 0.571. The van der Waals surface area contributed by atoms with Crippen molar-refractivity contribution in [3.05, 3.63) is 36.0 Å². The fraction of sp³-hybridized carbons (Fsp3) is 0.278. The molecule has 27 heavy (non-hydrogen) atoms. The molecule has 0 saturated carbocycles. The number of morpholine rings is 1. The SMILES string of the molecule is Cc1nn2c(nnc3c(N)nc(N4CCOCC4)nc32)c1-c1ccccc1. The fourth-order valence-corrected chi connectivity index (χ4v) is 3.39. The Morgan fingerprint density at radius 2 is 1.78 bits per heavy atom. The maximum atomic E-state index is 6.16. The van der Waals surface area contributed by atoms with E-state index in [0.717, 1.165) is 29.9 Å². The average molecular weight is 362 g/mol. The summed E-state index contributed by atoms with van der Waals surface area (Å²) in [6.07, 6.45) is 0. The summed E-state index contributed by atoms with van der Waals surface area (Å²) in [5, 5.41) is 13.3. The molecular weight excluding hydrogens is 344 g/mol. The van der Waals surface area contributed by atoms with E-state index in [1.807, 2.05) is 37.3 Å². The minimum atomic E-state index is 0.297. The maximum Gasteiger partial charge on any atom is 0.229 e. The Morgan fingerprint density at radius 1 is 1.00 bits per heavy atom. The van der Waals surface area contributed by atoms with Gasteiger partial charge in [-0.05, 0) is 12.5 Å². The second-order valence-electron chi connectivity index (χ2n) is 6.44. The lowest BCUT2D eigenvalue weighted by Crippen LogP contribution is -2.37. The number of hydrogen-bond donors (Lipinski definition) is 1. The van der Waals surface area contributed by atoms with Gasteiger partial charge in [0.2, 0.25) is 5.95 Å². The molecule has 4 heterocycles. The lowest BCUT2D eigenvalue weighted by Gasteiger charge is -2.26. The third-order valence-corrected chi connectivity index (χ3v) is 4.72. The zero-order valence-electron chi connectivity index (χ0n) is 14.8. The zero-order chi connectivity index (χ0) is 18.4. The average Bonchev–Trinajstić information content (AvgIpc) is 3.05. The van der Waals surface area contributed by atoms with Gasteiger partial charge in [-0.3, -0.25) is 0 Å². The van der Waals surface area contributed by atoms with Crippen molar-refractivity contribution in [3.63, 3.8) is 0 Å². The Balaban J connectivity index is 1.75. The predicted molar refractivity (Wildman–Crippen MR) is 101 cm³/mol. The van der Waals surface area contributed by atoms with Crippen molar-refractivity contribution in [1.29, 1.82) is 0 Å². The van der Waals surface area contributed by atoms with Crippen LogP contribution >= 0.6 is 0 Å². The molecule has 1 saturated heterocycles. The number of aryl methyl sites for hydroxylation is 1. The molecule has 4 aromatic rings. The first-order valence-corrected chi connectivity index (χ1v) is 8.80. The van der Waals surface area contributed by atoms with Gasteiger partial charge in [-0.25, -0.2) is 0 Å². The first-order valence-electron chi connectivity index (χ1n) is 8.80. The van der Waals surface area contributed by atoms with Crippen molar-refractivity contribution >= 4 is 28.6 Å². The van der Waals surface area contributed by atoms with Crippen LogP contribution in [0.2, 0.25) is 0 Å². The molecule has 0 amide bonds. The normalized spacial score (nSPS) is 14.9. The first kappa shape index (κ1) is 15.9. The summed E-state index contributed by atoms with van der Waals surface area (Å²) in [4.78, 5) is 11.2. The Bertz CT molecular complexity index is 1130. The van der Waals surface area contributed by atoms with Crippen LogP contribution in [0.4, 0.5) is 11.8 Å². The Labute approximate surface area is 154 Å². The summed E-state index contributed by atoms with van der Waals surface area (Å²) in [7, 11) is 0. The Morgan fingerprint density at radius 3 is 2.56 bits per heavy atom. The first-order chi connectivity index (χ1) is 13.2. The van der Waals surface area contributed by atoms with Gasteiger partial charge < -0.3 is 15.4 Å². The van der Waals surface area contributed by atoms with Crippen molar-refractivity contribution in [2.24, 2.45) is 0 Å². The fourth-order valence-electron chi connectivity index (χ4n) is 3.39. The number of nitrogens with zero attached hydrogens (tertiary/aromatic N) is 7. The van der Waals surface area contributed by atoms with E-state index in [9.17, 15) is 0 Å². The molecule has 0 spiro atoms. The monoisotopic (exact) mass is 362 g/mol. The van der Waals surface area contributed by atoms with Crippen molar-refractivity contribution < 1.29 is 4.74 Å². The standard InChI is InChI=1S/C18H18N8O/c1-11-13(12-5-3-2-4-6-12)16-23-22-14-15(19)20-18(21-17(14)26(16)24-11)25-7-9-27-10-8-25/h2-6H,7-10H2,1H3,(H2,19,20,21). The molecule has 1 aliphatic heterocycles. The summed E-state index contributed by atoms with van der Waals surface area (Å²) in [5.74, 6) is 0.859. The molecule has 0 atom stereocenters. The predicted octanol–water partition coefficient (Wildman–Crippen LogP) is 1.46. The van der Waals surface area contributed by atoms with Crippen LogP contribution in [0.25, 0.3) is 27.9 Å². The third kappa shape index (κ3) is 2.55. The summed E-state index contributed by atoms with van der Waals surface area (Å²) >= 11 is 0. The molecule has 2 N–H and O–H groups in total. The van der Waals surface area contributed by atoms with E-state index in [2.05, 4.69) is 25.2 Å². The lowest BCUT2D eigenvalue weighted by atomic mass is 10.1. The molecular formula is C18H18N8O. The number of nitrogens with two attached hydrogens (primary N) is 1. The highest BCUT2D eigenvalue weighted by atomic mass is 16.5. The van der Waals surface area contributed by atoms with E-state index >= 15 is 0 Å². The van der Waals surface area contributed by atoms with Gasteiger partial charge in [-0.15, -0.1) is 10.2 Å². The van der Waals surface area contributed by atoms with E-state index in [1.54, 1.807) is 4.52 Å². The summed E-state index contributed by atoms with van der Waals surface area (Å²) in [5.41, 5.74) is 10.6. The molecule has 0 unspecified atom stereocenters. The van der Waals surface area contributed by atoms with Gasteiger partial charge in [0.05, 0.1) is 24.5 Å². The van der Waals surface area contributed by atoms with E-state index in [0.29, 0.717) is 41.8 Å². The molecule has 1 aliphatic rings. The number of benzene rings is 1. The summed E-state index contributed by atoms with van der Waals surface area (Å²) in [6, 6.07) is 10.0. The van der Waals surface area contributed by atoms with Crippen molar-refractivity contribution in [3.8, 4) is 11.1 Å². The minimum absolute atomic E-state index is 0.297. The lowest BCUT2D eigenvalue weighted by molar-refractivity contribution is 0.122. The number of ether oxygens (including phenoxy) is 1.